The molecule has 0 bridgehead atoms. The second-order valence-corrected chi connectivity index (χ2v) is 4.09. The van der Waals surface area contributed by atoms with Crippen LogP contribution in [0.15, 0.2) is 55.0 Å². The van der Waals surface area contributed by atoms with Gasteiger partial charge in [-0.15, -0.1) is 0 Å². The molecule has 0 saturated heterocycles. The molecule has 0 fully saturated rings. The SMILES string of the molecule is c1ccc2c3cc4ncccn4cc-3nc2c1. The summed E-state index contributed by atoms with van der Waals surface area (Å²) in [5.41, 5.74) is 4.16. The van der Waals surface area contributed by atoms with Crippen molar-refractivity contribution in [3.05, 3.63) is 55.0 Å². The van der Waals surface area contributed by atoms with Gasteiger partial charge in [-0.3, -0.25) is 0 Å². The largest absolute Gasteiger partial charge is 0.306 e. The third-order valence-corrected chi connectivity index (χ3v) is 3.05. The fourth-order valence-electron chi connectivity index (χ4n) is 2.25. The van der Waals surface area contributed by atoms with E-state index in [0.29, 0.717) is 0 Å². The Balaban J connectivity index is 2.25. The molecule has 0 atom stereocenters. The summed E-state index contributed by atoms with van der Waals surface area (Å²) in [7, 11) is 0. The fourth-order valence-corrected chi connectivity index (χ4v) is 2.25. The third kappa shape index (κ3) is 1.16. The first kappa shape index (κ1) is 8.70. The topological polar surface area (TPSA) is 30.2 Å². The molecule has 17 heavy (non-hydrogen) atoms. The minimum Gasteiger partial charge on any atom is -0.306 e. The molecular weight excluding hydrogens is 210 g/mol. The summed E-state index contributed by atoms with van der Waals surface area (Å²) in [6, 6.07) is 12.2. The van der Waals surface area contributed by atoms with Crippen LogP contribution in [-0.4, -0.2) is 14.4 Å². The van der Waals surface area contributed by atoms with Crippen molar-refractivity contribution >= 4 is 16.6 Å². The van der Waals surface area contributed by atoms with Crippen molar-refractivity contribution in [1.82, 2.24) is 14.4 Å². The van der Waals surface area contributed by atoms with Crippen molar-refractivity contribution in [2.24, 2.45) is 0 Å². The molecule has 2 aliphatic rings. The Kier molecular flexibility index (Phi) is 1.56. The van der Waals surface area contributed by atoms with Crippen LogP contribution in [0.25, 0.3) is 27.8 Å². The van der Waals surface area contributed by atoms with Crippen molar-refractivity contribution in [3.8, 4) is 11.3 Å². The molecule has 80 valence electrons. The van der Waals surface area contributed by atoms with Crippen LogP contribution >= 0.6 is 0 Å². The van der Waals surface area contributed by atoms with Crippen molar-refractivity contribution < 1.29 is 0 Å². The summed E-state index contributed by atoms with van der Waals surface area (Å²) in [6.45, 7) is 0. The second kappa shape index (κ2) is 3.04. The quantitative estimate of drug-likeness (QED) is 0.455. The lowest BCUT2D eigenvalue weighted by Crippen LogP contribution is -1.92. The number of hydrogen-bond donors (Lipinski definition) is 0. The van der Waals surface area contributed by atoms with Crippen molar-refractivity contribution in [1.29, 1.82) is 0 Å². The summed E-state index contributed by atoms with van der Waals surface area (Å²) in [4.78, 5) is 8.97. The third-order valence-electron chi connectivity index (χ3n) is 3.05. The van der Waals surface area contributed by atoms with Gasteiger partial charge in [0.1, 0.15) is 5.65 Å². The summed E-state index contributed by atoms with van der Waals surface area (Å²) < 4.78 is 1.99. The van der Waals surface area contributed by atoms with E-state index in [2.05, 4.69) is 22.1 Å². The highest BCUT2D eigenvalue weighted by atomic mass is 15.0. The normalized spacial score (nSPS) is 11.5. The molecule has 3 heteroatoms. The molecule has 1 aromatic carbocycles. The Bertz CT molecular complexity index is 795. The van der Waals surface area contributed by atoms with Crippen LogP contribution in [0.5, 0.6) is 0 Å². The van der Waals surface area contributed by atoms with Gasteiger partial charge in [-0.05, 0) is 18.2 Å². The van der Waals surface area contributed by atoms with E-state index >= 15 is 0 Å². The van der Waals surface area contributed by atoms with Gasteiger partial charge in [-0.25, -0.2) is 9.97 Å². The zero-order chi connectivity index (χ0) is 11.2. The lowest BCUT2D eigenvalue weighted by molar-refractivity contribution is 1.09. The Labute approximate surface area is 97.7 Å². The van der Waals surface area contributed by atoms with Crippen LogP contribution in [0, 0.1) is 0 Å². The molecule has 0 saturated carbocycles. The lowest BCUT2D eigenvalue weighted by Gasteiger charge is -2.03. The van der Waals surface area contributed by atoms with E-state index < -0.39 is 0 Å². The van der Waals surface area contributed by atoms with Crippen LogP contribution in [-0.2, 0) is 0 Å². The molecule has 3 heterocycles. The first-order chi connectivity index (χ1) is 8.42. The van der Waals surface area contributed by atoms with Crippen LogP contribution in [0.4, 0.5) is 0 Å². The van der Waals surface area contributed by atoms with E-state index in [-0.39, 0.29) is 0 Å². The molecule has 4 rings (SSSR count). The van der Waals surface area contributed by atoms with E-state index in [1.807, 2.05) is 41.1 Å². The number of nitrogens with zero attached hydrogens (tertiary/aromatic N) is 3. The van der Waals surface area contributed by atoms with E-state index in [1.165, 1.54) is 10.9 Å². The molecular formula is C14H9N3. The highest BCUT2D eigenvalue weighted by Gasteiger charge is 2.12. The Morgan fingerprint density at radius 1 is 1.06 bits per heavy atom. The Morgan fingerprint density at radius 3 is 3.00 bits per heavy atom. The Morgan fingerprint density at radius 2 is 2.00 bits per heavy atom. The first-order valence-electron chi connectivity index (χ1n) is 5.53. The van der Waals surface area contributed by atoms with Gasteiger partial charge in [-0.1, -0.05) is 18.2 Å². The predicted octanol–water partition coefficient (Wildman–Crippen LogP) is 2.99. The lowest BCUT2D eigenvalue weighted by atomic mass is 10.1. The molecule has 0 radical (unpaired) electrons. The first-order valence-corrected chi connectivity index (χ1v) is 5.53. The molecule has 2 aliphatic heterocycles. The minimum atomic E-state index is 0.943. The number of para-hydroxylation sites is 1. The number of aromatic nitrogens is 3. The smallest absolute Gasteiger partial charge is 0.137 e. The molecule has 1 aromatic heterocycles. The van der Waals surface area contributed by atoms with Gasteiger partial charge >= 0.3 is 0 Å². The molecule has 0 N–H and O–H groups in total. The maximum Gasteiger partial charge on any atom is 0.137 e. The van der Waals surface area contributed by atoms with Gasteiger partial charge in [0.05, 0.1) is 11.2 Å². The van der Waals surface area contributed by atoms with Crippen molar-refractivity contribution in [2.45, 2.75) is 0 Å². The van der Waals surface area contributed by atoms with Crippen molar-refractivity contribution in [2.75, 3.05) is 0 Å². The zero-order valence-corrected chi connectivity index (χ0v) is 9.04. The molecule has 3 nitrogen and oxygen atoms in total. The highest BCUT2D eigenvalue weighted by molar-refractivity contribution is 5.98. The summed E-state index contributed by atoms with van der Waals surface area (Å²) in [6.07, 6.45) is 5.82. The maximum absolute atomic E-state index is 4.62. The average molecular weight is 219 g/mol. The van der Waals surface area contributed by atoms with Crippen molar-refractivity contribution in [3.63, 3.8) is 0 Å². The summed E-state index contributed by atoms with van der Waals surface area (Å²) in [5.74, 6) is 0. The maximum atomic E-state index is 4.62. The highest BCUT2D eigenvalue weighted by Crippen LogP contribution is 2.31. The van der Waals surface area contributed by atoms with E-state index in [4.69, 9.17) is 0 Å². The van der Waals surface area contributed by atoms with Gasteiger partial charge in [0.25, 0.3) is 0 Å². The zero-order valence-electron chi connectivity index (χ0n) is 9.04. The van der Waals surface area contributed by atoms with Crippen LogP contribution in [0.2, 0.25) is 0 Å². The van der Waals surface area contributed by atoms with Crippen LogP contribution < -0.4 is 0 Å². The molecule has 0 amide bonds. The number of pyridine rings is 1. The number of rotatable bonds is 0. The fraction of sp³-hybridized carbons (Fsp3) is 0. The summed E-state index contributed by atoms with van der Waals surface area (Å²) in [5, 5.41) is 1.19. The Hall–Kier alpha value is -2.42. The molecule has 0 aliphatic carbocycles. The van der Waals surface area contributed by atoms with E-state index in [0.717, 1.165) is 16.9 Å². The number of hydrogen-bond acceptors (Lipinski definition) is 2. The van der Waals surface area contributed by atoms with Gasteiger partial charge < -0.3 is 4.40 Å². The second-order valence-electron chi connectivity index (χ2n) is 4.09. The average Bonchev–Trinajstić information content (AvgIpc) is 2.73. The van der Waals surface area contributed by atoms with Crippen LogP contribution in [0.3, 0.4) is 0 Å². The molecule has 0 spiro atoms. The van der Waals surface area contributed by atoms with Gasteiger partial charge in [0.15, 0.2) is 0 Å². The molecule has 0 unspecified atom stereocenters. The minimum absolute atomic E-state index is 0.943. The van der Waals surface area contributed by atoms with Gasteiger partial charge in [0.2, 0.25) is 0 Å². The monoisotopic (exact) mass is 219 g/mol. The molecule has 2 aromatic rings. The van der Waals surface area contributed by atoms with E-state index in [1.54, 1.807) is 6.20 Å². The number of fused-ring (bicyclic) bond motifs is 4. The number of benzene rings is 1. The van der Waals surface area contributed by atoms with Crippen LogP contribution in [0.1, 0.15) is 0 Å². The van der Waals surface area contributed by atoms with E-state index in [9.17, 15) is 0 Å². The van der Waals surface area contributed by atoms with Gasteiger partial charge in [0, 0.05) is 29.5 Å². The summed E-state index contributed by atoms with van der Waals surface area (Å²) >= 11 is 0. The standard InChI is InChI=1S/C14H9N3/c1-2-5-12-10(4-1)11-8-14-15-6-3-7-17(14)9-13(11)16-12/h1-9H. The predicted molar refractivity (Wildman–Crippen MR) is 67.1 cm³/mol. The van der Waals surface area contributed by atoms with Gasteiger partial charge in [-0.2, -0.15) is 0 Å².